The number of rotatable bonds is 3. The number of ether oxygens (including phenoxy) is 2. The first-order valence-electron chi connectivity index (χ1n) is 8.94. The van der Waals surface area contributed by atoms with Gasteiger partial charge in [0.1, 0.15) is 6.61 Å². The minimum absolute atomic E-state index is 0.0348. The molecule has 142 valence electrons. The van der Waals surface area contributed by atoms with Crippen LogP contribution in [0.5, 0.6) is 0 Å². The Morgan fingerprint density at radius 3 is 2.67 bits per heavy atom. The maximum atomic E-state index is 12.3. The van der Waals surface area contributed by atoms with Crippen LogP contribution in [0.1, 0.15) is 34.6 Å². The number of fused-ring (bicyclic) bond motifs is 1. The molecular weight excluding hydrogens is 350 g/mol. The van der Waals surface area contributed by atoms with Crippen molar-refractivity contribution in [3.05, 3.63) is 53.3 Å². The third kappa shape index (κ3) is 3.66. The Bertz CT molecular complexity index is 840. The van der Waals surface area contributed by atoms with Gasteiger partial charge in [0, 0.05) is 13.1 Å². The second kappa shape index (κ2) is 7.03. The summed E-state index contributed by atoms with van der Waals surface area (Å²) in [5.41, 5.74) is 1.34. The van der Waals surface area contributed by atoms with E-state index in [2.05, 4.69) is 5.10 Å². The van der Waals surface area contributed by atoms with E-state index < -0.39 is 11.6 Å². The zero-order valence-electron chi connectivity index (χ0n) is 14.8. The van der Waals surface area contributed by atoms with Crippen molar-refractivity contribution in [1.29, 1.82) is 0 Å². The monoisotopic (exact) mass is 371 g/mol. The van der Waals surface area contributed by atoms with E-state index in [1.165, 1.54) is 0 Å². The summed E-state index contributed by atoms with van der Waals surface area (Å²) in [4.78, 5) is 25.1. The molecule has 1 amide bonds. The number of nitrogens with zero attached hydrogens (tertiary/aromatic N) is 3. The molecule has 8 nitrogen and oxygen atoms in total. The second-order valence-corrected chi connectivity index (χ2v) is 6.98. The molecule has 1 aromatic heterocycles. The van der Waals surface area contributed by atoms with Gasteiger partial charge in [0.25, 0.3) is 0 Å². The van der Waals surface area contributed by atoms with Crippen LogP contribution in [-0.4, -0.2) is 50.5 Å². The number of hydrogen-bond donors (Lipinski definition) is 1. The standard InChI is InChI=1S/C19H21N3O5/c23-17(24)16-10-15-12-27-19(13-22(15)20-16)6-8-21(9-7-19)18(25)26-11-14-4-2-1-3-5-14/h1-5,10H,6-9,11-13H2,(H,23,24). The lowest BCUT2D eigenvalue weighted by molar-refractivity contribution is -0.121. The van der Waals surface area contributed by atoms with Gasteiger partial charge in [-0.25, -0.2) is 9.59 Å². The fourth-order valence-corrected chi connectivity index (χ4v) is 3.57. The highest BCUT2D eigenvalue weighted by Gasteiger charge is 2.41. The Kier molecular flexibility index (Phi) is 4.57. The molecule has 3 heterocycles. The molecule has 2 aliphatic heterocycles. The predicted molar refractivity (Wildman–Crippen MR) is 94.1 cm³/mol. The van der Waals surface area contributed by atoms with Gasteiger partial charge in [0.15, 0.2) is 5.69 Å². The molecule has 27 heavy (non-hydrogen) atoms. The van der Waals surface area contributed by atoms with E-state index in [0.717, 1.165) is 11.3 Å². The molecule has 2 aromatic rings. The average molecular weight is 371 g/mol. The van der Waals surface area contributed by atoms with Crippen molar-refractivity contribution in [3.63, 3.8) is 0 Å². The van der Waals surface area contributed by atoms with Crippen molar-refractivity contribution in [2.45, 2.75) is 38.2 Å². The fraction of sp³-hybridized carbons (Fsp3) is 0.421. The lowest BCUT2D eigenvalue weighted by Gasteiger charge is -2.43. The van der Waals surface area contributed by atoms with E-state index in [0.29, 0.717) is 39.1 Å². The van der Waals surface area contributed by atoms with Crippen molar-refractivity contribution in [3.8, 4) is 0 Å². The van der Waals surface area contributed by atoms with E-state index >= 15 is 0 Å². The van der Waals surface area contributed by atoms with Crippen molar-refractivity contribution >= 4 is 12.1 Å². The molecular formula is C19H21N3O5. The third-order valence-corrected chi connectivity index (χ3v) is 5.18. The van der Waals surface area contributed by atoms with E-state index in [9.17, 15) is 9.59 Å². The summed E-state index contributed by atoms with van der Waals surface area (Å²) in [6.07, 6.45) is 1.00. The van der Waals surface area contributed by atoms with Crippen molar-refractivity contribution in [2.75, 3.05) is 13.1 Å². The van der Waals surface area contributed by atoms with Gasteiger partial charge in [-0.15, -0.1) is 0 Å². The quantitative estimate of drug-likeness (QED) is 0.890. The first-order valence-corrected chi connectivity index (χ1v) is 8.94. The number of aromatic carboxylic acids is 1. The third-order valence-electron chi connectivity index (χ3n) is 5.18. The largest absolute Gasteiger partial charge is 0.476 e. The van der Waals surface area contributed by atoms with E-state index in [1.807, 2.05) is 30.3 Å². The first-order chi connectivity index (χ1) is 13.0. The van der Waals surface area contributed by atoms with Crippen molar-refractivity contribution in [1.82, 2.24) is 14.7 Å². The van der Waals surface area contributed by atoms with Gasteiger partial charge >= 0.3 is 12.1 Å². The van der Waals surface area contributed by atoms with Crippen LogP contribution in [0, 0.1) is 0 Å². The van der Waals surface area contributed by atoms with Crippen LogP contribution < -0.4 is 0 Å². The zero-order chi connectivity index (χ0) is 18.9. The topological polar surface area (TPSA) is 93.9 Å². The van der Waals surface area contributed by atoms with E-state index in [-0.39, 0.29) is 18.4 Å². The minimum atomic E-state index is -1.04. The Morgan fingerprint density at radius 1 is 1.22 bits per heavy atom. The normalized spacial score (nSPS) is 18.1. The van der Waals surface area contributed by atoms with Crippen LogP contribution in [0.2, 0.25) is 0 Å². The number of piperidine rings is 1. The number of carbonyl (C=O) groups is 2. The fourth-order valence-electron chi connectivity index (χ4n) is 3.57. The molecule has 0 radical (unpaired) electrons. The molecule has 0 bridgehead atoms. The van der Waals surface area contributed by atoms with E-state index in [4.69, 9.17) is 14.6 Å². The minimum Gasteiger partial charge on any atom is -0.476 e. The summed E-state index contributed by atoms with van der Waals surface area (Å²) >= 11 is 0. The van der Waals surface area contributed by atoms with Crippen LogP contribution in [-0.2, 0) is 29.2 Å². The average Bonchev–Trinajstić information content (AvgIpc) is 3.11. The number of hydrogen-bond acceptors (Lipinski definition) is 5. The van der Waals surface area contributed by atoms with Crippen molar-refractivity contribution < 1.29 is 24.2 Å². The van der Waals surface area contributed by atoms with Gasteiger partial charge in [0.05, 0.1) is 24.4 Å². The number of benzene rings is 1. The predicted octanol–water partition coefficient (Wildman–Crippen LogP) is 2.28. The number of amides is 1. The number of likely N-dealkylation sites (tertiary alicyclic amines) is 1. The molecule has 1 fully saturated rings. The molecule has 8 heteroatoms. The summed E-state index contributed by atoms with van der Waals surface area (Å²) < 4.78 is 13.2. The Labute approximate surface area is 156 Å². The molecule has 1 N–H and O–H groups in total. The van der Waals surface area contributed by atoms with Crippen LogP contribution >= 0.6 is 0 Å². The number of carbonyl (C=O) groups excluding carboxylic acids is 1. The van der Waals surface area contributed by atoms with Gasteiger partial charge in [0.2, 0.25) is 0 Å². The molecule has 4 rings (SSSR count). The molecule has 0 saturated carbocycles. The molecule has 0 unspecified atom stereocenters. The summed E-state index contributed by atoms with van der Waals surface area (Å²) in [7, 11) is 0. The maximum absolute atomic E-state index is 12.3. The summed E-state index contributed by atoms with van der Waals surface area (Å²) in [6, 6.07) is 11.1. The Hall–Kier alpha value is -2.87. The van der Waals surface area contributed by atoms with Crippen LogP contribution in [0.15, 0.2) is 36.4 Å². The van der Waals surface area contributed by atoms with Gasteiger partial charge in [-0.05, 0) is 24.5 Å². The second-order valence-electron chi connectivity index (χ2n) is 6.98. The summed E-state index contributed by atoms with van der Waals surface area (Å²) in [5.74, 6) is -1.04. The molecule has 0 aliphatic carbocycles. The van der Waals surface area contributed by atoms with Gasteiger partial charge in [-0.1, -0.05) is 30.3 Å². The van der Waals surface area contributed by atoms with Crippen LogP contribution in [0.3, 0.4) is 0 Å². The van der Waals surface area contributed by atoms with Crippen LogP contribution in [0.25, 0.3) is 0 Å². The number of carboxylic acids is 1. The highest BCUT2D eigenvalue weighted by molar-refractivity contribution is 5.85. The smallest absolute Gasteiger partial charge is 0.410 e. The first kappa shape index (κ1) is 17.5. The number of carboxylic acid groups (broad SMARTS) is 1. The zero-order valence-corrected chi connectivity index (χ0v) is 14.8. The molecule has 1 aromatic carbocycles. The highest BCUT2D eigenvalue weighted by atomic mass is 16.6. The summed E-state index contributed by atoms with van der Waals surface area (Å²) in [6.45, 7) is 2.17. The summed E-state index contributed by atoms with van der Waals surface area (Å²) in [5, 5.41) is 13.2. The van der Waals surface area contributed by atoms with Gasteiger partial charge < -0.3 is 19.5 Å². The maximum Gasteiger partial charge on any atom is 0.410 e. The van der Waals surface area contributed by atoms with Crippen LogP contribution in [0.4, 0.5) is 4.79 Å². The highest BCUT2D eigenvalue weighted by Crippen LogP contribution is 2.33. The Morgan fingerprint density at radius 2 is 1.96 bits per heavy atom. The lowest BCUT2D eigenvalue weighted by atomic mass is 9.90. The molecule has 1 saturated heterocycles. The van der Waals surface area contributed by atoms with Gasteiger partial charge in [-0.2, -0.15) is 5.10 Å². The Balaban J connectivity index is 1.33. The number of aromatic nitrogens is 2. The SMILES string of the molecule is O=C(O)c1cc2n(n1)CC1(CCN(C(=O)OCc3ccccc3)CC1)OC2. The molecule has 0 atom stereocenters. The van der Waals surface area contributed by atoms with Crippen molar-refractivity contribution in [2.24, 2.45) is 0 Å². The van der Waals surface area contributed by atoms with E-state index in [1.54, 1.807) is 15.6 Å². The molecule has 1 spiro atoms. The molecule has 2 aliphatic rings. The van der Waals surface area contributed by atoms with Gasteiger partial charge in [-0.3, -0.25) is 4.68 Å². The lowest BCUT2D eigenvalue weighted by Crippen LogP contribution is -2.52.